The maximum Gasteiger partial charge on any atom is 0.274 e. The van der Waals surface area contributed by atoms with Gasteiger partial charge in [-0.05, 0) is 52.2 Å². The monoisotopic (exact) mass is 480 g/mol. The summed E-state index contributed by atoms with van der Waals surface area (Å²) in [6.07, 6.45) is 7.31. The Morgan fingerprint density at radius 3 is 2.77 bits per heavy atom. The summed E-state index contributed by atoms with van der Waals surface area (Å²) in [6.45, 7) is 6.58. The van der Waals surface area contributed by atoms with Gasteiger partial charge >= 0.3 is 0 Å². The van der Waals surface area contributed by atoms with Crippen molar-refractivity contribution in [2.75, 3.05) is 11.9 Å². The molecule has 1 saturated heterocycles. The number of nitrogens with zero attached hydrogens (tertiary/aromatic N) is 3. The Bertz CT molecular complexity index is 1390. The zero-order chi connectivity index (χ0) is 24.5. The third-order valence-corrected chi connectivity index (χ3v) is 7.51. The van der Waals surface area contributed by atoms with E-state index in [1.807, 2.05) is 24.4 Å². The maximum atomic E-state index is 13.5. The van der Waals surface area contributed by atoms with Crippen molar-refractivity contribution < 1.29 is 18.7 Å². The number of ether oxygens (including phenoxy) is 2. The van der Waals surface area contributed by atoms with Gasteiger partial charge in [0.25, 0.3) is 11.5 Å². The van der Waals surface area contributed by atoms with E-state index in [1.54, 1.807) is 24.5 Å². The van der Waals surface area contributed by atoms with E-state index in [4.69, 9.17) is 14.5 Å². The molecule has 184 valence electrons. The summed E-state index contributed by atoms with van der Waals surface area (Å²) in [5, 5.41) is 2.71. The average Bonchev–Trinajstić information content (AvgIpc) is 3.12. The Balaban J connectivity index is 1.35. The van der Waals surface area contributed by atoms with Crippen LogP contribution in [0.5, 0.6) is 5.75 Å². The van der Waals surface area contributed by atoms with E-state index in [-0.39, 0.29) is 28.4 Å². The number of aromatic nitrogens is 3. The number of imidazole rings is 1. The van der Waals surface area contributed by atoms with Gasteiger partial charge in [-0.3, -0.25) is 9.59 Å². The molecule has 9 heteroatoms. The molecule has 3 aromatic heterocycles. The van der Waals surface area contributed by atoms with Crippen LogP contribution in [-0.4, -0.2) is 44.3 Å². The second kappa shape index (κ2) is 7.65. The Morgan fingerprint density at radius 2 is 2.14 bits per heavy atom. The molecule has 35 heavy (non-hydrogen) atoms. The average molecular weight is 481 g/mol. The topological polar surface area (TPSA) is 86.9 Å². The fraction of sp³-hybridized carbons (Fsp3) is 0.500. The third kappa shape index (κ3) is 3.73. The number of fused-ring (bicyclic) bond motifs is 3. The quantitative estimate of drug-likeness (QED) is 0.576. The summed E-state index contributed by atoms with van der Waals surface area (Å²) >= 11 is 0. The molecule has 6 rings (SSSR count). The lowest BCUT2D eigenvalue weighted by Crippen LogP contribution is -2.26. The second-order valence-electron chi connectivity index (χ2n) is 10.7. The minimum absolute atomic E-state index is 0.0853. The van der Waals surface area contributed by atoms with Crippen molar-refractivity contribution in [1.82, 2.24) is 14.0 Å². The molecule has 2 saturated carbocycles. The minimum atomic E-state index is -1.02. The van der Waals surface area contributed by atoms with Gasteiger partial charge in [-0.15, -0.1) is 0 Å². The van der Waals surface area contributed by atoms with Gasteiger partial charge in [-0.25, -0.2) is 9.37 Å². The van der Waals surface area contributed by atoms with Crippen LogP contribution in [0.4, 0.5) is 10.1 Å². The van der Waals surface area contributed by atoms with E-state index in [0.717, 1.165) is 25.0 Å². The molecule has 1 N–H and O–H groups in total. The molecule has 4 heterocycles. The number of nitrogens with one attached hydrogen (secondary N) is 1. The number of pyridine rings is 2. The molecule has 0 radical (unpaired) electrons. The van der Waals surface area contributed by atoms with Crippen LogP contribution in [0.1, 0.15) is 68.5 Å². The first kappa shape index (κ1) is 22.3. The van der Waals surface area contributed by atoms with Crippen LogP contribution in [-0.2, 0) is 10.2 Å². The van der Waals surface area contributed by atoms with Crippen LogP contribution in [0, 0.1) is 0 Å². The molecule has 3 fully saturated rings. The molecular weight excluding hydrogens is 451 g/mol. The molecule has 8 nitrogen and oxygen atoms in total. The zero-order valence-electron chi connectivity index (χ0n) is 20.1. The van der Waals surface area contributed by atoms with E-state index in [9.17, 15) is 14.0 Å². The van der Waals surface area contributed by atoms with E-state index in [2.05, 4.69) is 12.2 Å². The van der Waals surface area contributed by atoms with Crippen molar-refractivity contribution in [3.8, 4) is 5.75 Å². The van der Waals surface area contributed by atoms with Gasteiger partial charge in [-0.2, -0.15) is 0 Å². The van der Waals surface area contributed by atoms with Crippen LogP contribution in [0.25, 0.3) is 5.65 Å². The van der Waals surface area contributed by atoms with Gasteiger partial charge < -0.3 is 23.8 Å². The molecule has 2 bridgehead atoms. The first-order valence-corrected chi connectivity index (χ1v) is 12.2. The Kier molecular flexibility index (Phi) is 4.87. The number of hydrogen-bond donors (Lipinski definition) is 1. The lowest BCUT2D eigenvalue weighted by atomic mass is 9.84. The number of carbonyl (C=O) groups is 1. The number of halogens is 1. The zero-order valence-corrected chi connectivity index (χ0v) is 20.1. The van der Waals surface area contributed by atoms with Gasteiger partial charge in [0.2, 0.25) is 0 Å². The highest BCUT2D eigenvalue weighted by Crippen LogP contribution is 2.53. The fourth-order valence-corrected chi connectivity index (χ4v) is 5.54. The molecule has 1 unspecified atom stereocenters. The second-order valence-corrected chi connectivity index (χ2v) is 10.7. The van der Waals surface area contributed by atoms with E-state index in [0.29, 0.717) is 24.4 Å². The number of hydrogen-bond acceptors (Lipinski definition) is 5. The normalized spacial score (nSPS) is 29.2. The molecule has 1 amide bonds. The summed E-state index contributed by atoms with van der Waals surface area (Å²) in [4.78, 5) is 31.0. The lowest BCUT2D eigenvalue weighted by molar-refractivity contribution is -0.00627. The van der Waals surface area contributed by atoms with Crippen LogP contribution < -0.4 is 15.6 Å². The standard InChI is InChI=1S/C26H29FN4O4/c1-15(2)35-20-10-22-29-21(26-7-6-25(3,13-26)34-14-26)12-30(22)11-16(20)23(32)28-18-5-4-8-31(24(18)33)19-9-17(19)27/h4-5,8,10-12,15,17,19H,6-7,9,13-14H2,1-3H3,(H,28,32)/t17-,19?,25+,26+/m1/s1. The van der Waals surface area contributed by atoms with Crippen LogP contribution in [0.2, 0.25) is 0 Å². The van der Waals surface area contributed by atoms with Crippen molar-refractivity contribution in [1.29, 1.82) is 0 Å². The number of alkyl halides is 1. The summed E-state index contributed by atoms with van der Waals surface area (Å²) < 4.78 is 28.7. The number of amides is 1. The largest absolute Gasteiger partial charge is 0.490 e. The summed E-state index contributed by atoms with van der Waals surface area (Å²) in [6, 6.07) is 4.47. The maximum absolute atomic E-state index is 13.5. The Labute approximate surface area is 202 Å². The summed E-state index contributed by atoms with van der Waals surface area (Å²) in [7, 11) is 0. The summed E-state index contributed by atoms with van der Waals surface area (Å²) in [5.74, 6) is -0.0862. The van der Waals surface area contributed by atoms with Gasteiger partial charge in [0.1, 0.15) is 23.3 Å². The molecule has 0 aromatic carbocycles. The predicted octanol–water partition coefficient (Wildman–Crippen LogP) is 4.03. The molecule has 0 spiro atoms. The third-order valence-electron chi connectivity index (χ3n) is 7.51. The van der Waals surface area contributed by atoms with Crippen LogP contribution in [0.15, 0.2) is 41.6 Å². The molecule has 2 aliphatic carbocycles. The molecule has 3 aromatic rings. The van der Waals surface area contributed by atoms with E-state index in [1.165, 1.54) is 10.6 Å². The van der Waals surface area contributed by atoms with Crippen molar-refractivity contribution in [2.45, 2.75) is 75.8 Å². The number of anilines is 1. The van der Waals surface area contributed by atoms with Crippen molar-refractivity contribution in [3.63, 3.8) is 0 Å². The van der Waals surface area contributed by atoms with Crippen molar-refractivity contribution >= 4 is 17.2 Å². The molecule has 3 aliphatic rings. The SMILES string of the molecule is CC(C)Oc1cc2nc([C@@]34CC[C@@](C)(C3)OC4)cn2cc1C(=O)Nc1cccn(C2C[C@H]2F)c1=O. The molecule has 4 atom stereocenters. The van der Waals surface area contributed by atoms with Gasteiger partial charge in [0.15, 0.2) is 0 Å². The first-order chi connectivity index (χ1) is 16.7. The van der Waals surface area contributed by atoms with Gasteiger partial charge in [-0.1, -0.05) is 0 Å². The van der Waals surface area contributed by atoms with Crippen LogP contribution >= 0.6 is 0 Å². The van der Waals surface area contributed by atoms with Crippen molar-refractivity contribution in [2.24, 2.45) is 0 Å². The first-order valence-electron chi connectivity index (χ1n) is 12.2. The smallest absolute Gasteiger partial charge is 0.274 e. The predicted molar refractivity (Wildman–Crippen MR) is 128 cm³/mol. The number of carbonyl (C=O) groups excluding carboxylic acids is 1. The highest BCUT2D eigenvalue weighted by molar-refractivity contribution is 6.06. The minimum Gasteiger partial charge on any atom is -0.490 e. The highest BCUT2D eigenvalue weighted by atomic mass is 19.1. The Hall–Kier alpha value is -3.20. The van der Waals surface area contributed by atoms with E-state index >= 15 is 0 Å². The van der Waals surface area contributed by atoms with E-state index < -0.39 is 23.7 Å². The van der Waals surface area contributed by atoms with Crippen molar-refractivity contribution in [3.05, 3.63) is 58.4 Å². The Morgan fingerprint density at radius 1 is 1.34 bits per heavy atom. The summed E-state index contributed by atoms with van der Waals surface area (Å²) in [5.41, 5.74) is 1.43. The molecule has 1 aliphatic heterocycles. The fourth-order valence-electron chi connectivity index (χ4n) is 5.54. The molecular formula is C26H29FN4O4. The van der Waals surface area contributed by atoms with Gasteiger partial charge in [0, 0.05) is 36.5 Å². The van der Waals surface area contributed by atoms with Gasteiger partial charge in [0.05, 0.1) is 35.6 Å². The highest BCUT2D eigenvalue weighted by Gasteiger charge is 2.55. The number of rotatable bonds is 6. The van der Waals surface area contributed by atoms with Crippen LogP contribution in [0.3, 0.4) is 0 Å². The lowest BCUT2D eigenvalue weighted by Gasteiger charge is -2.24.